The lowest BCUT2D eigenvalue weighted by molar-refractivity contribution is -0.126. The second-order valence-electron chi connectivity index (χ2n) is 6.46. The average Bonchev–Trinajstić information content (AvgIpc) is 3.19. The first kappa shape index (κ1) is 15.7. The van der Waals surface area contributed by atoms with Gasteiger partial charge in [-0.15, -0.1) is 0 Å². The van der Waals surface area contributed by atoms with Gasteiger partial charge >= 0.3 is 0 Å². The minimum absolute atomic E-state index is 0.0793. The van der Waals surface area contributed by atoms with E-state index in [-0.39, 0.29) is 18.4 Å². The van der Waals surface area contributed by atoms with Crippen molar-refractivity contribution >= 4 is 5.91 Å². The van der Waals surface area contributed by atoms with E-state index in [1.807, 2.05) is 42.0 Å². The first-order valence-corrected chi connectivity index (χ1v) is 8.16. The number of nitrogens with zero attached hydrogens (tertiary/aromatic N) is 2. The van der Waals surface area contributed by atoms with Crippen molar-refractivity contribution in [3.63, 3.8) is 0 Å². The van der Waals surface area contributed by atoms with Gasteiger partial charge in [0.05, 0.1) is 24.4 Å². The number of imidazole rings is 1. The summed E-state index contributed by atoms with van der Waals surface area (Å²) in [6.45, 7) is 1.96. The molecule has 3 rings (SSSR count). The molecule has 1 atom stereocenters. The van der Waals surface area contributed by atoms with Crippen LogP contribution >= 0.6 is 0 Å². The van der Waals surface area contributed by atoms with Gasteiger partial charge in [-0.1, -0.05) is 25.0 Å². The molecule has 1 saturated carbocycles. The highest BCUT2D eigenvalue weighted by atomic mass is 16.3. The zero-order valence-electron chi connectivity index (χ0n) is 13.4. The van der Waals surface area contributed by atoms with E-state index in [1.54, 1.807) is 12.5 Å². The molecule has 122 valence electrons. The molecule has 0 bridgehead atoms. The SMILES string of the molecule is CC(NC(=O)CC1(O)CCCC1)c1ccc(-n2ccnc2)cc1. The Bertz CT molecular complexity index is 643. The lowest BCUT2D eigenvalue weighted by atomic mass is 9.97. The predicted molar refractivity (Wildman–Crippen MR) is 88.2 cm³/mol. The fraction of sp³-hybridized carbons (Fsp3) is 0.444. The van der Waals surface area contributed by atoms with E-state index in [0.29, 0.717) is 0 Å². The van der Waals surface area contributed by atoms with Crippen LogP contribution in [0.1, 0.15) is 50.6 Å². The molecule has 1 amide bonds. The van der Waals surface area contributed by atoms with E-state index in [4.69, 9.17) is 0 Å². The molecule has 0 radical (unpaired) electrons. The van der Waals surface area contributed by atoms with Crippen molar-refractivity contribution in [3.8, 4) is 5.69 Å². The largest absolute Gasteiger partial charge is 0.389 e. The van der Waals surface area contributed by atoms with Crippen LogP contribution in [0.2, 0.25) is 0 Å². The highest BCUT2D eigenvalue weighted by molar-refractivity contribution is 5.77. The van der Waals surface area contributed by atoms with Crippen LogP contribution in [0, 0.1) is 0 Å². The fourth-order valence-corrected chi connectivity index (χ4v) is 3.23. The lowest BCUT2D eigenvalue weighted by Gasteiger charge is -2.23. The van der Waals surface area contributed by atoms with E-state index in [2.05, 4.69) is 10.3 Å². The third-order valence-electron chi connectivity index (χ3n) is 4.60. The van der Waals surface area contributed by atoms with Crippen LogP contribution in [-0.2, 0) is 4.79 Å². The van der Waals surface area contributed by atoms with Gasteiger partial charge in [-0.25, -0.2) is 4.98 Å². The van der Waals surface area contributed by atoms with Crippen molar-refractivity contribution in [2.45, 2.75) is 50.7 Å². The minimum Gasteiger partial charge on any atom is -0.389 e. The smallest absolute Gasteiger partial charge is 0.223 e. The summed E-state index contributed by atoms with van der Waals surface area (Å²) in [6, 6.07) is 7.94. The number of aromatic nitrogens is 2. The molecule has 0 saturated heterocycles. The van der Waals surface area contributed by atoms with Crippen LogP contribution in [0.5, 0.6) is 0 Å². The van der Waals surface area contributed by atoms with Crippen molar-refractivity contribution < 1.29 is 9.90 Å². The van der Waals surface area contributed by atoms with E-state index < -0.39 is 5.60 Å². The minimum atomic E-state index is -0.797. The molecular weight excluding hydrogens is 290 g/mol. The molecule has 23 heavy (non-hydrogen) atoms. The number of rotatable bonds is 5. The number of carbonyl (C=O) groups excluding carboxylic acids is 1. The quantitative estimate of drug-likeness (QED) is 0.892. The third kappa shape index (κ3) is 3.79. The van der Waals surface area contributed by atoms with Gasteiger partial charge in [0.1, 0.15) is 0 Å². The maximum absolute atomic E-state index is 12.2. The Morgan fingerprint density at radius 2 is 2.04 bits per heavy atom. The maximum atomic E-state index is 12.2. The number of hydrogen-bond donors (Lipinski definition) is 2. The Morgan fingerprint density at radius 3 is 2.65 bits per heavy atom. The molecular formula is C18H23N3O2. The van der Waals surface area contributed by atoms with Gasteiger partial charge in [0.15, 0.2) is 0 Å². The molecule has 1 aromatic heterocycles. The van der Waals surface area contributed by atoms with Crippen LogP contribution in [0.15, 0.2) is 43.0 Å². The number of hydrogen-bond acceptors (Lipinski definition) is 3. The molecule has 1 fully saturated rings. The Labute approximate surface area is 136 Å². The van der Waals surface area contributed by atoms with Crippen LogP contribution < -0.4 is 5.32 Å². The van der Waals surface area contributed by atoms with E-state index in [0.717, 1.165) is 36.9 Å². The van der Waals surface area contributed by atoms with E-state index in [1.165, 1.54) is 0 Å². The normalized spacial score (nSPS) is 17.8. The van der Waals surface area contributed by atoms with Crippen molar-refractivity contribution in [2.24, 2.45) is 0 Å². The van der Waals surface area contributed by atoms with Gasteiger partial charge in [-0.3, -0.25) is 4.79 Å². The highest BCUT2D eigenvalue weighted by Gasteiger charge is 2.33. The number of benzene rings is 1. The predicted octanol–water partition coefficient (Wildman–Crippen LogP) is 2.74. The summed E-state index contributed by atoms with van der Waals surface area (Å²) in [4.78, 5) is 16.2. The van der Waals surface area contributed by atoms with Crippen molar-refractivity contribution in [1.82, 2.24) is 14.9 Å². The number of nitrogens with one attached hydrogen (secondary N) is 1. The Hall–Kier alpha value is -2.14. The third-order valence-corrected chi connectivity index (χ3v) is 4.60. The molecule has 1 aliphatic carbocycles. The van der Waals surface area contributed by atoms with Crippen molar-refractivity contribution in [3.05, 3.63) is 48.5 Å². The fourth-order valence-electron chi connectivity index (χ4n) is 3.23. The van der Waals surface area contributed by atoms with Crippen molar-refractivity contribution in [1.29, 1.82) is 0 Å². The first-order valence-electron chi connectivity index (χ1n) is 8.16. The van der Waals surface area contributed by atoms with E-state index >= 15 is 0 Å². The molecule has 1 aromatic carbocycles. The summed E-state index contributed by atoms with van der Waals surface area (Å²) in [5.74, 6) is -0.0828. The number of aliphatic hydroxyl groups is 1. The monoisotopic (exact) mass is 313 g/mol. The highest BCUT2D eigenvalue weighted by Crippen LogP contribution is 2.32. The average molecular weight is 313 g/mol. The molecule has 2 aromatic rings. The molecule has 1 heterocycles. The zero-order valence-corrected chi connectivity index (χ0v) is 13.4. The number of amides is 1. The Morgan fingerprint density at radius 1 is 1.35 bits per heavy atom. The summed E-state index contributed by atoms with van der Waals surface area (Å²) in [7, 11) is 0. The van der Waals surface area contributed by atoms with Gasteiger partial charge in [0.25, 0.3) is 0 Å². The summed E-state index contributed by atoms with van der Waals surface area (Å²) in [5.41, 5.74) is 1.28. The molecule has 2 N–H and O–H groups in total. The molecule has 5 nitrogen and oxygen atoms in total. The van der Waals surface area contributed by atoms with Crippen LogP contribution in [-0.4, -0.2) is 26.2 Å². The van der Waals surface area contributed by atoms with Gasteiger partial charge in [-0.2, -0.15) is 0 Å². The lowest BCUT2D eigenvalue weighted by Crippen LogP contribution is -2.35. The summed E-state index contributed by atoms with van der Waals surface area (Å²) >= 11 is 0. The molecule has 1 aliphatic rings. The zero-order chi connectivity index (χ0) is 16.3. The topological polar surface area (TPSA) is 67.2 Å². The summed E-state index contributed by atoms with van der Waals surface area (Å²) in [5, 5.41) is 13.3. The molecule has 1 unspecified atom stereocenters. The van der Waals surface area contributed by atoms with Crippen LogP contribution in [0.25, 0.3) is 5.69 Å². The Kier molecular flexibility index (Phi) is 4.48. The molecule has 5 heteroatoms. The van der Waals surface area contributed by atoms with Crippen molar-refractivity contribution in [2.75, 3.05) is 0 Å². The first-order chi connectivity index (χ1) is 11.1. The number of carbonyl (C=O) groups is 1. The van der Waals surface area contributed by atoms with E-state index in [9.17, 15) is 9.90 Å². The van der Waals surface area contributed by atoms with Gasteiger partial charge in [-0.05, 0) is 37.5 Å². The summed E-state index contributed by atoms with van der Waals surface area (Å²) < 4.78 is 1.93. The van der Waals surface area contributed by atoms with Gasteiger partial charge in [0.2, 0.25) is 5.91 Å². The second-order valence-corrected chi connectivity index (χ2v) is 6.46. The van der Waals surface area contributed by atoms with Gasteiger partial charge < -0.3 is 15.0 Å². The molecule has 0 aliphatic heterocycles. The maximum Gasteiger partial charge on any atom is 0.223 e. The van der Waals surface area contributed by atoms with Crippen LogP contribution in [0.3, 0.4) is 0 Å². The van der Waals surface area contributed by atoms with Gasteiger partial charge in [0, 0.05) is 18.1 Å². The summed E-state index contributed by atoms with van der Waals surface area (Å²) in [6.07, 6.45) is 9.06. The van der Waals surface area contributed by atoms with Crippen LogP contribution in [0.4, 0.5) is 0 Å². The second kappa shape index (κ2) is 6.54. The standard InChI is InChI=1S/C18H23N3O2/c1-14(20-17(22)12-18(23)8-2-3-9-18)15-4-6-16(7-5-15)21-11-10-19-13-21/h4-7,10-11,13-14,23H,2-3,8-9,12H2,1H3,(H,20,22). The molecule has 0 spiro atoms. The Balaban J connectivity index is 1.59.